The summed E-state index contributed by atoms with van der Waals surface area (Å²) in [4.78, 5) is 35.4. The topological polar surface area (TPSA) is 69.3 Å². The van der Waals surface area contributed by atoms with Gasteiger partial charge in [-0.1, -0.05) is 23.7 Å². The number of halogens is 1. The van der Waals surface area contributed by atoms with Crippen LogP contribution >= 0.6 is 11.6 Å². The van der Waals surface area contributed by atoms with Crippen molar-refractivity contribution in [2.45, 2.75) is 26.2 Å². The van der Waals surface area contributed by atoms with Crippen LogP contribution < -0.4 is 5.56 Å². The van der Waals surface area contributed by atoms with Crippen LogP contribution in [0.3, 0.4) is 0 Å². The lowest BCUT2D eigenvalue weighted by atomic mass is 9.97. The van der Waals surface area contributed by atoms with Crippen LogP contribution in [0.2, 0.25) is 5.02 Å². The third-order valence-corrected chi connectivity index (χ3v) is 5.52. The predicted octanol–water partition coefficient (Wildman–Crippen LogP) is 2.76. The summed E-state index contributed by atoms with van der Waals surface area (Å²) in [6.45, 7) is 5.39. The standard InChI is InChI=1S/C21H27ClN4O2/c1-15-23-12-19(20(27)24-15)21(28)25(2)13-17-4-3-10-26(14-17)11-9-16-5-7-18(22)8-6-16/h5-8,12,17H,3-4,9-11,13-14H2,1-2H3,(H,23,24,27)/t17-/m1/s1. The van der Waals surface area contributed by atoms with Crippen LogP contribution in [0.4, 0.5) is 0 Å². The summed E-state index contributed by atoms with van der Waals surface area (Å²) >= 11 is 5.95. The van der Waals surface area contributed by atoms with Gasteiger partial charge in [0.1, 0.15) is 11.4 Å². The molecule has 1 saturated heterocycles. The average molecular weight is 403 g/mol. The molecule has 7 heteroatoms. The van der Waals surface area contributed by atoms with Crippen molar-refractivity contribution in [1.82, 2.24) is 19.8 Å². The lowest BCUT2D eigenvalue weighted by Crippen LogP contribution is -2.43. The number of likely N-dealkylation sites (tertiary alicyclic amines) is 1. The molecule has 1 aliphatic rings. The molecule has 2 aromatic rings. The molecular weight excluding hydrogens is 376 g/mol. The first-order chi connectivity index (χ1) is 13.4. The molecule has 150 valence electrons. The van der Waals surface area contributed by atoms with Gasteiger partial charge in [0.2, 0.25) is 0 Å². The Hall–Kier alpha value is -2.18. The number of amides is 1. The van der Waals surface area contributed by atoms with Crippen LogP contribution in [0, 0.1) is 12.8 Å². The Kier molecular flexibility index (Phi) is 6.86. The van der Waals surface area contributed by atoms with E-state index in [4.69, 9.17) is 11.6 Å². The van der Waals surface area contributed by atoms with Gasteiger partial charge in [-0.15, -0.1) is 0 Å². The number of piperidine rings is 1. The van der Waals surface area contributed by atoms with Gasteiger partial charge < -0.3 is 14.8 Å². The number of H-pyrrole nitrogens is 1. The number of carbonyl (C=O) groups excluding carboxylic acids is 1. The SMILES string of the molecule is Cc1ncc(C(=O)N(C)C[C@H]2CCCN(CCc3ccc(Cl)cc3)C2)c(=O)[nH]1. The maximum absolute atomic E-state index is 12.6. The minimum atomic E-state index is -0.377. The monoisotopic (exact) mass is 402 g/mol. The van der Waals surface area contributed by atoms with Crippen LogP contribution in [0.5, 0.6) is 0 Å². The summed E-state index contributed by atoms with van der Waals surface area (Å²) < 4.78 is 0. The van der Waals surface area contributed by atoms with Crippen LogP contribution in [-0.2, 0) is 6.42 Å². The number of aromatic amines is 1. The van der Waals surface area contributed by atoms with Gasteiger partial charge >= 0.3 is 0 Å². The van der Waals surface area contributed by atoms with E-state index in [0.29, 0.717) is 18.3 Å². The third kappa shape index (κ3) is 5.42. The van der Waals surface area contributed by atoms with Gasteiger partial charge in [0.15, 0.2) is 0 Å². The molecule has 1 aliphatic heterocycles. The molecule has 1 amide bonds. The molecule has 0 aliphatic carbocycles. The second-order valence-electron chi connectivity index (χ2n) is 7.58. The van der Waals surface area contributed by atoms with E-state index in [-0.39, 0.29) is 17.0 Å². The lowest BCUT2D eigenvalue weighted by molar-refractivity contribution is 0.0728. The van der Waals surface area contributed by atoms with Gasteiger partial charge in [0.05, 0.1) is 0 Å². The number of hydrogen-bond acceptors (Lipinski definition) is 4. The number of nitrogens with one attached hydrogen (secondary N) is 1. The fourth-order valence-electron chi connectivity index (χ4n) is 3.75. The second-order valence-corrected chi connectivity index (χ2v) is 8.02. The van der Waals surface area contributed by atoms with Crippen LogP contribution in [0.25, 0.3) is 0 Å². The summed E-state index contributed by atoms with van der Waals surface area (Å²) in [5, 5.41) is 0.761. The van der Waals surface area contributed by atoms with E-state index in [1.807, 2.05) is 12.1 Å². The average Bonchev–Trinajstić information content (AvgIpc) is 2.67. The lowest BCUT2D eigenvalue weighted by Gasteiger charge is -2.34. The number of carbonyl (C=O) groups is 1. The minimum absolute atomic E-state index is 0.100. The Labute approximate surface area is 170 Å². The number of aromatic nitrogens is 2. The number of aryl methyl sites for hydroxylation is 1. The van der Waals surface area contributed by atoms with E-state index in [9.17, 15) is 9.59 Å². The van der Waals surface area contributed by atoms with E-state index < -0.39 is 0 Å². The fourth-order valence-corrected chi connectivity index (χ4v) is 3.88. The highest BCUT2D eigenvalue weighted by Gasteiger charge is 2.24. The smallest absolute Gasteiger partial charge is 0.263 e. The largest absolute Gasteiger partial charge is 0.341 e. The molecule has 1 atom stereocenters. The Balaban J connectivity index is 1.53. The molecule has 0 bridgehead atoms. The van der Waals surface area contributed by atoms with Gasteiger partial charge in [0, 0.05) is 37.9 Å². The maximum Gasteiger partial charge on any atom is 0.263 e. The number of benzene rings is 1. The minimum Gasteiger partial charge on any atom is -0.341 e. The molecule has 1 aromatic heterocycles. The van der Waals surface area contributed by atoms with Crippen LogP contribution in [0.15, 0.2) is 35.3 Å². The van der Waals surface area contributed by atoms with Crippen molar-refractivity contribution in [3.8, 4) is 0 Å². The molecule has 0 radical (unpaired) electrons. The highest BCUT2D eigenvalue weighted by Crippen LogP contribution is 2.19. The molecule has 0 saturated carbocycles. The highest BCUT2D eigenvalue weighted by molar-refractivity contribution is 6.30. The van der Waals surface area contributed by atoms with Crippen molar-refractivity contribution in [2.24, 2.45) is 5.92 Å². The first kappa shape index (κ1) is 20.6. The van der Waals surface area contributed by atoms with Gasteiger partial charge in [-0.2, -0.15) is 0 Å². The van der Waals surface area contributed by atoms with Crippen molar-refractivity contribution < 1.29 is 4.79 Å². The third-order valence-electron chi connectivity index (χ3n) is 5.27. The zero-order valence-corrected chi connectivity index (χ0v) is 17.2. The van der Waals surface area contributed by atoms with Gasteiger partial charge in [-0.3, -0.25) is 9.59 Å². The summed E-state index contributed by atoms with van der Waals surface area (Å²) in [6.07, 6.45) is 4.58. The van der Waals surface area contributed by atoms with Crippen LogP contribution in [0.1, 0.15) is 34.6 Å². The quantitative estimate of drug-likeness (QED) is 0.806. The van der Waals surface area contributed by atoms with Crippen molar-refractivity contribution >= 4 is 17.5 Å². The fraction of sp³-hybridized carbons (Fsp3) is 0.476. The molecule has 2 heterocycles. The molecule has 28 heavy (non-hydrogen) atoms. The van der Waals surface area contributed by atoms with Crippen LogP contribution in [-0.4, -0.2) is 58.9 Å². The van der Waals surface area contributed by atoms with Crippen molar-refractivity contribution in [1.29, 1.82) is 0 Å². The molecule has 1 N–H and O–H groups in total. The predicted molar refractivity (Wildman–Crippen MR) is 111 cm³/mol. The highest BCUT2D eigenvalue weighted by atomic mass is 35.5. The number of rotatable bonds is 6. The molecule has 0 spiro atoms. The van der Waals surface area contributed by atoms with Crippen molar-refractivity contribution in [3.05, 3.63) is 62.8 Å². The Bertz CT molecular complexity index is 865. The van der Waals surface area contributed by atoms with Gasteiger partial charge in [0.25, 0.3) is 11.5 Å². The van der Waals surface area contributed by atoms with Gasteiger partial charge in [-0.05, 0) is 56.3 Å². The molecule has 0 unspecified atom stereocenters. The molecule has 3 rings (SSSR count). The van der Waals surface area contributed by atoms with Crippen molar-refractivity contribution in [3.63, 3.8) is 0 Å². The molecule has 1 aromatic carbocycles. The Morgan fingerprint density at radius 1 is 1.36 bits per heavy atom. The normalized spacial score (nSPS) is 17.5. The summed E-state index contributed by atoms with van der Waals surface area (Å²) in [5.74, 6) is 0.644. The maximum atomic E-state index is 12.6. The van der Waals surface area contributed by atoms with E-state index in [1.165, 1.54) is 11.8 Å². The van der Waals surface area contributed by atoms with E-state index in [1.54, 1.807) is 18.9 Å². The van der Waals surface area contributed by atoms with E-state index in [2.05, 4.69) is 27.0 Å². The Morgan fingerprint density at radius 3 is 2.82 bits per heavy atom. The Morgan fingerprint density at radius 2 is 2.11 bits per heavy atom. The second kappa shape index (κ2) is 9.34. The number of hydrogen-bond donors (Lipinski definition) is 1. The zero-order valence-electron chi connectivity index (χ0n) is 16.4. The molecular formula is C21H27ClN4O2. The summed E-state index contributed by atoms with van der Waals surface area (Å²) in [7, 11) is 1.76. The van der Waals surface area contributed by atoms with Crippen molar-refractivity contribution in [2.75, 3.05) is 33.2 Å². The van der Waals surface area contributed by atoms with E-state index >= 15 is 0 Å². The summed E-state index contributed by atoms with van der Waals surface area (Å²) in [5.41, 5.74) is 1.01. The number of nitrogens with zero attached hydrogens (tertiary/aromatic N) is 3. The zero-order chi connectivity index (χ0) is 20.1. The first-order valence-corrected chi connectivity index (χ1v) is 10.1. The molecule has 6 nitrogen and oxygen atoms in total. The van der Waals surface area contributed by atoms with E-state index in [0.717, 1.165) is 43.9 Å². The molecule has 1 fully saturated rings. The van der Waals surface area contributed by atoms with Gasteiger partial charge in [-0.25, -0.2) is 4.98 Å². The first-order valence-electron chi connectivity index (χ1n) is 9.70. The summed E-state index contributed by atoms with van der Waals surface area (Å²) in [6, 6.07) is 8.00.